The lowest BCUT2D eigenvalue weighted by Gasteiger charge is -2.23. The topological polar surface area (TPSA) is 9.23 Å². The summed E-state index contributed by atoms with van der Waals surface area (Å²) in [5.74, 6) is 0. The second kappa shape index (κ2) is 3.39. The molecule has 2 rings (SSSR count). The normalized spacial score (nSPS) is 25.1. The fourth-order valence-corrected chi connectivity index (χ4v) is 2.31. The lowest BCUT2D eigenvalue weighted by Crippen LogP contribution is -2.20. The van der Waals surface area contributed by atoms with Gasteiger partial charge in [0.2, 0.25) is 0 Å². The second-order valence-corrected chi connectivity index (χ2v) is 4.28. The van der Waals surface area contributed by atoms with Crippen molar-refractivity contribution in [1.29, 1.82) is 0 Å². The van der Waals surface area contributed by atoms with Gasteiger partial charge in [0.1, 0.15) is 0 Å². The molecule has 1 heteroatoms. The fourth-order valence-electron chi connectivity index (χ4n) is 2.31. The third-order valence-electron chi connectivity index (χ3n) is 3.47. The highest BCUT2D eigenvalue weighted by atomic mass is 16.5. The quantitative estimate of drug-likeness (QED) is 0.696. The minimum atomic E-state index is -0.0401. The van der Waals surface area contributed by atoms with Gasteiger partial charge in [0.15, 0.2) is 0 Å². The van der Waals surface area contributed by atoms with Crippen LogP contribution in [0.4, 0.5) is 0 Å². The number of ether oxygens (including phenoxy) is 1. The molecule has 0 radical (unpaired) electrons. The molecule has 0 heterocycles. The van der Waals surface area contributed by atoms with Gasteiger partial charge < -0.3 is 4.74 Å². The van der Waals surface area contributed by atoms with Gasteiger partial charge in [-0.2, -0.15) is 0 Å². The van der Waals surface area contributed by atoms with Gasteiger partial charge in [-0.15, -0.1) is 0 Å². The molecular weight excluding hydrogens is 172 g/mol. The lowest BCUT2D eigenvalue weighted by molar-refractivity contribution is 0.00381. The van der Waals surface area contributed by atoms with Crippen LogP contribution in [-0.4, -0.2) is 7.11 Å². The maximum absolute atomic E-state index is 5.60. The molecule has 0 bridgehead atoms. The summed E-state index contributed by atoms with van der Waals surface area (Å²) in [7, 11) is 1.81. The number of aryl methyl sites for hydroxylation is 2. The number of rotatable bonds is 2. The molecular formula is C13H18O. The van der Waals surface area contributed by atoms with E-state index in [2.05, 4.69) is 32.0 Å². The molecule has 1 aromatic rings. The van der Waals surface area contributed by atoms with Crippen LogP contribution in [0.15, 0.2) is 18.2 Å². The van der Waals surface area contributed by atoms with Crippen LogP contribution in [0.1, 0.15) is 37.0 Å². The van der Waals surface area contributed by atoms with Crippen molar-refractivity contribution in [3.05, 3.63) is 34.9 Å². The Morgan fingerprint density at radius 2 is 2.21 bits per heavy atom. The summed E-state index contributed by atoms with van der Waals surface area (Å²) in [4.78, 5) is 0. The first-order valence-corrected chi connectivity index (χ1v) is 5.37. The van der Waals surface area contributed by atoms with E-state index in [9.17, 15) is 0 Å². The molecule has 1 aliphatic rings. The van der Waals surface area contributed by atoms with Gasteiger partial charge in [-0.05, 0) is 42.9 Å². The van der Waals surface area contributed by atoms with Gasteiger partial charge in [0.25, 0.3) is 0 Å². The zero-order valence-corrected chi connectivity index (χ0v) is 9.26. The van der Waals surface area contributed by atoms with Crippen molar-refractivity contribution in [3.63, 3.8) is 0 Å². The van der Waals surface area contributed by atoms with Crippen molar-refractivity contribution in [3.8, 4) is 0 Å². The molecule has 0 aliphatic heterocycles. The molecule has 0 aromatic heterocycles. The number of methoxy groups -OCH3 is 1. The van der Waals surface area contributed by atoms with Crippen molar-refractivity contribution in [2.75, 3.05) is 7.11 Å². The number of benzene rings is 1. The number of fused-ring (bicyclic) bond motifs is 1. The van der Waals surface area contributed by atoms with Crippen LogP contribution >= 0.6 is 0 Å². The summed E-state index contributed by atoms with van der Waals surface area (Å²) in [6, 6.07) is 6.80. The summed E-state index contributed by atoms with van der Waals surface area (Å²) < 4.78 is 5.60. The molecule has 76 valence electrons. The Balaban J connectivity index is 2.43. The third-order valence-corrected chi connectivity index (χ3v) is 3.47. The Hall–Kier alpha value is -0.820. The highest BCUT2D eigenvalue weighted by Crippen LogP contribution is 2.39. The smallest absolute Gasteiger partial charge is 0.0905 e. The molecule has 1 aliphatic carbocycles. The Morgan fingerprint density at radius 1 is 1.43 bits per heavy atom. The summed E-state index contributed by atoms with van der Waals surface area (Å²) in [5.41, 5.74) is 4.26. The Kier molecular flexibility index (Phi) is 2.36. The molecule has 1 unspecified atom stereocenters. The first-order chi connectivity index (χ1) is 6.69. The SMILES string of the molecule is CCc1ccc2c(c1)CCC2(C)OC. The molecule has 1 nitrogen and oxygen atoms in total. The van der Waals surface area contributed by atoms with Gasteiger partial charge in [-0.3, -0.25) is 0 Å². The minimum absolute atomic E-state index is 0.0401. The van der Waals surface area contributed by atoms with Gasteiger partial charge >= 0.3 is 0 Å². The van der Waals surface area contributed by atoms with Gasteiger partial charge in [-0.1, -0.05) is 25.1 Å². The first kappa shape index (κ1) is 9.72. The van der Waals surface area contributed by atoms with Crippen LogP contribution in [0.5, 0.6) is 0 Å². The van der Waals surface area contributed by atoms with E-state index in [-0.39, 0.29) is 5.60 Å². The summed E-state index contributed by atoms with van der Waals surface area (Å²) in [5, 5.41) is 0. The summed E-state index contributed by atoms with van der Waals surface area (Å²) in [6.07, 6.45) is 3.40. The zero-order chi connectivity index (χ0) is 10.2. The monoisotopic (exact) mass is 190 g/mol. The van der Waals surface area contributed by atoms with Gasteiger partial charge in [-0.25, -0.2) is 0 Å². The Labute approximate surface area is 86.1 Å². The molecule has 0 saturated carbocycles. The first-order valence-electron chi connectivity index (χ1n) is 5.37. The van der Waals surface area contributed by atoms with Crippen molar-refractivity contribution in [2.45, 2.75) is 38.7 Å². The van der Waals surface area contributed by atoms with E-state index in [1.807, 2.05) is 7.11 Å². The van der Waals surface area contributed by atoms with Crippen LogP contribution in [-0.2, 0) is 23.2 Å². The molecule has 0 fully saturated rings. The van der Waals surface area contributed by atoms with Crippen LogP contribution in [0, 0.1) is 0 Å². The van der Waals surface area contributed by atoms with Crippen molar-refractivity contribution in [2.24, 2.45) is 0 Å². The maximum atomic E-state index is 5.60. The highest BCUT2D eigenvalue weighted by Gasteiger charge is 2.33. The zero-order valence-electron chi connectivity index (χ0n) is 9.26. The van der Waals surface area contributed by atoms with E-state index in [0.717, 1.165) is 19.3 Å². The molecule has 14 heavy (non-hydrogen) atoms. The lowest BCUT2D eigenvalue weighted by atomic mass is 9.96. The van der Waals surface area contributed by atoms with E-state index in [4.69, 9.17) is 4.74 Å². The molecule has 1 atom stereocenters. The molecule has 0 saturated heterocycles. The van der Waals surface area contributed by atoms with E-state index in [1.54, 1.807) is 0 Å². The van der Waals surface area contributed by atoms with Crippen molar-refractivity contribution >= 4 is 0 Å². The van der Waals surface area contributed by atoms with Crippen molar-refractivity contribution in [1.82, 2.24) is 0 Å². The minimum Gasteiger partial charge on any atom is -0.374 e. The average molecular weight is 190 g/mol. The van der Waals surface area contributed by atoms with E-state index in [0.29, 0.717) is 0 Å². The van der Waals surface area contributed by atoms with Crippen molar-refractivity contribution < 1.29 is 4.74 Å². The number of hydrogen-bond donors (Lipinski definition) is 0. The maximum Gasteiger partial charge on any atom is 0.0905 e. The van der Waals surface area contributed by atoms with Crippen LogP contribution in [0.25, 0.3) is 0 Å². The summed E-state index contributed by atoms with van der Waals surface area (Å²) >= 11 is 0. The molecule has 0 amide bonds. The Bertz CT molecular complexity index is 343. The van der Waals surface area contributed by atoms with Gasteiger partial charge in [0.05, 0.1) is 5.60 Å². The molecule has 0 spiro atoms. The van der Waals surface area contributed by atoms with Gasteiger partial charge in [0, 0.05) is 7.11 Å². The second-order valence-electron chi connectivity index (χ2n) is 4.28. The van der Waals surface area contributed by atoms with E-state index >= 15 is 0 Å². The highest BCUT2D eigenvalue weighted by molar-refractivity contribution is 5.39. The summed E-state index contributed by atoms with van der Waals surface area (Å²) in [6.45, 7) is 4.39. The average Bonchev–Trinajstić information content (AvgIpc) is 2.57. The molecule has 0 N–H and O–H groups in total. The van der Waals surface area contributed by atoms with E-state index < -0.39 is 0 Å². The van der Waals surface area contributed by atoms with E-state index in [1.165, 1.54) is 16.7 Å². The Morgan fingerprint density at radius 3 is 2.86 bits per heavy atom. The fraction of sp³-hybridized carbons (Fsp3) is 0.538. The predicted octanol–water partition coefficient (Wildman–Crippen LogP) is 3.06. The molecule has 1 aromatic carbocycles. The van der Waals surface area contributed by atoms with Crippen LogP contribution in [0.2, 0.25) is 0 Å². The van der Waals surface area contributed by atoms with Crippen LogP contribution < -0.4 is 0 Å². The predicted molar refractivity (Wildman–Crippen MR) is 58.5 cm³/mol. The largest absolute Gasteiger partial charge is 0.374 e. The standard InChI is InChI=1S/C13H18O/c1-4-10-5-6-12-11(9-10)7-8-13(12,2)14-3/h5-6,9H,4,7-8H2,1-3H3. The van der Waals surface area contributed by atoms with Crippen LogP contribution in [0.3, 0.4) is 0 Å². The number of hydrogen-bond acceptors (Lipinski definition) is 1. The third kappa shape index (κ3) is 1.36.